The van der Waals surface area contributed by atoms with Gasteiger partial charge in [-0.1, -0.05) is 6.42 Å². The topological polar surface area (TPSA) is 49.6 Å². The first-order chi connectivity index (χ1) is 8.81. The van der Waals surface area contributed by atoms with Crippen molar-refractivity contribution in [1.29, 1.82) is 0 Å². The molecule has 96 valence electrons. The zero-order valence-electron chi connectivity index (χ0n) is 10.1. The highest BCUT2D eigenvalue weighted by molar-refractivity contribution is 7.80. The van der Waals surface area contributed by atoms with Crippen molar-refractivity contribution in [3.05, 3.63) is 24.2 Å². The average molecular weight is 263 g/mol. The van der Waals surface area contributed by atoms with Crippen molar-refractivity contribution in [2.24, 2.45) is 16.9 Å². The van der Waals surface area contributed by atoms with E-state index in [0.29, 0.717) is 16.9 Å². The molecule has 2 fully saturated rings. The second kappa shape index (κ2) is 5.10. The normalized spacial score (nSPS) is 29.9. The van der Waals surface area contributed by atoms with E-state index in [0.717, 1.165) is 11.8 Å². The zero-order valence-corrected chi connectivity index (χ0v) is 11.0. The summed E-state index contributed by atoms with van der Waals surface area (Å²) in [5, 5.41) is 8.02. The molecule has 1 aromatic rings. The Balaban J connectivity index is 1.45. The highest BCUT2D eigenvalue weighted by atomic mass is 32.1. The van der Waals surface area contributed by atoms with Crippen molar-refractivity contribution < 1.29 is 4.42 Å². The van der Waals surface area contributed by atoms with Gasteiger partial charge in [-0.25, -0.2) is 0 Å². The summed E-state index contributed by atoms with van der Waals surface area (Å²) in [6.45, 7) is 0. The predicted octanol–water partition coefficient (Wildman–Crippen LogP) is 2.27. The first kappa shape index (κ1) is 11.7. The molecule has 2 bridgehead atoms. The summed E-state index contributed by atoms with van der Waals surface area (Å²) < 4.78 is 5.14. The summed E-state index contributed by atoms with van der Waals surface area (Å²) in [5.74, 6) is 2.44. The number of nitrogens with one attached hydrogen (secondary N) is 2. The number of hydrogen-bond acceptors (Lipinski definition) is 3. The van der Waals surface area contributed by atoms with Crippen LogP contribution in [-0.4, -0.2) is 17.4 Å². The van der Waals surface area contributed by atoms with Gasteiger partial charge in [-0.3, -0.25) is 5.43 Å². The molecule has 4 nitrogen and oxygen atoms in total. The fourth-order valence-corrected chi connectivity index (χ4v) is 3.35. The van der Waals surface area contributed by atoms with Crippen LogP contribution in [0, 0.1) is 11.8 Å². The first-order valence-corrected chi connectivity index (χ1v) is 6.85. The first-order valence-electron chi connectivity index (χ1n) is 6.44. The van der Waals surface area contributed by atoms with Crippen molar-refractivity contribution in [3.63, 3.8) is 0 Å². The minimum atomic E-state index is 0.544. The molecule has 2 aliphatic rings. The van der Waals surface area contributed by atoms with Crippen LogP contribution in [0.3, 0.4) is 0 Å². The highest BCUT2D eigenvalue weighted by Gasteiger charge is 2.39. The number of rotatable bonds is 3. The third kappa shape index (κ3) is 2.56. The Hall–Kier alpha value is -1.36. The standard InChI is InChI=1S/C13H17N3OS/c18-13(16-14-8-11-2-1-5-17-11)15-12-7-9-3-4-10(12)6-9/h1-2,5,8-10,12H,3-4,6-7H2,(H2,15,16,18)/b14-8-/t9-,10-,12+/m1/s1. The lowest BCUT2D eigenvalue weighted by Gasteiger charge is -2.23. The Morgan fingerprint density at radius 1 is 1.44 bits per heavy atom. The third-order valence-corrected chi connectivity index (χ3v) is 4.16. The molecule has 18 heavy (non-hydrogen) atoms. The fraction of sp³-hybridized carbons (Fsp3) is 0.538. The summed E-state index contributed by atoms with van der Waals surface area (Å²) in [6, 6.07) is 4.22. The van der Waals surface area contributed by atoms with E-state index in [1.54, 1.807) is 12.5 Å². The lowest BCUT2D eigenvalue weighted by molar-refractivity contribution is 0.389. The molecule has 0 saturated heterocycles. The van der Waals surface area contributed by atoms with Gasteiger partial charge in [0.15, 0.2) is 5.11 Å². The molecule has 2 saturated carbocycles. The maximum absolute atomic E-state index is 5.23. The third-order valence-electron chi connectivity index (χ3n) is 3.96. The van der Waals surface area contributed by atoms with Crippen LogP contribution in [0.5, 0.6) is 0 Å². The molecule has 0 aromatic carbocycles. The van der Waals surface area contributed by atoms with Gasteiger partial charge in [0.1, 0.15) is 5.76 Å². The van der Waals surface area contributed by atoms with E-state index in [-0.39, 0.29) is 0 Å². The minimum absolute atomic E-state index is 0.544. The van der Waals surface area contributed by atoms with Crippen LogP contribution in [0.2, 0.25) is 0 Å². The van der Waals surface area contributed by atoms with E-state index in [4.69, 9.17) is 16.6 Å². The summed E-state index contributed by atoms with van der Waals surface area (Å²) in [5.41, 5.74) is 2.84. The smallest absolute Gasteiger partial charge is 0.187 e. The van der Waals surface area contributed by atoms with Gasteiger partial charge < -0.3 is 9.73 Å². The molecular weight excluding hydrogens is 246 g/mol. The molecule has 0 aliphatic heterocycles. The second-order valence-electron chi connectivity index (χ2n) is 5.14. The SMILES string of the molecule is S=C(N/N=C\c1ccco1)N[C@H]1C[C@@H]2CC[C@@H]1C2. The van der Waals surface area contributed by atoms with E-state index in [1.807, 2.05) is 12.1 Å². The molecular formula is C13H17N3OS. The number of thiocarbonyl (C=S) groups is 1. The van der Waals surface area contributed by atoms with Gasteiger partial charge in [0.25, 0.3) is 0 Å². The van der Waals surface area contributed by atoms with Crippen LogP contribution in [0.4, 0.5) is 0 Å². The molecule has 3 atom stereocenters. The molecule has 1 aromatic heterocycles. The predicted molar refractivity (Wildman–Crippen MR) is 74.4 cm³/mol. The number of fused-ring (bicyclic) bond motifs is 2. The van der Waals surface area contributed by atoms with Gasteiger partial charge in [0.2, 0.25) is 0 Å². The van der Waals surface area contributed by atoms with Crippen molar-refractivity contribution in [2.75, 3.05) is 0 Å². The number of hydrogen-bond donors (Lipinski definition) is 2. The van der Waals surface area contributed by atoms with E-state index >= 15 is 0 Å². The van der Waals surface area contributed by atoms with Crippen LogP contribution in [0.1, 0.15) is 31.4 Å². The van der Waals surface area contributed by atoms with Crippen LogP contribution in [0.15, 0.2) is 27.9 Å². The van der Waals surface area contributed by atoms with Crippen LogP contribution in [-0.2, 0) is 0 Å². The Morgan fingerprint density at radius 3 is 3.06 bits per heavy atom. The number of furan rings is 1. The fourth-order valence-electron chi connectivity index (χ4n) is 3.14. The van der Waals surface area contributed by atoms with Crippen LogP contribution in [0.25, 0.3) is 0 Å². The van der Waals surface area contributed by atoms with Gasteiger partial charge in [-0.15, -0.1) is 0 Å². The highest BCUT2D eigenvalue weighted by Crippen LogP contribution is 2.44. The van der Waals surface area contributed by atoms with E-state index in [2.05, 4.69) is 15.8 Å². The van der Waals surface area contributed by atoms with E-state index in [1.165, 1.54) is 25.7 Å². The molecule has 0 radical (unpaired) electrons. The number of hydrazone groups is 1. The van der Waals surface area contributed by atoms with Crippen LogP contribution >= 0.6 is 12.2 Å². The van der Waals surface area contributed by atoms with Crippen LogP contribution < -0.4 is 10.7 Å². The zero-order chi connectivity index (χ0) is 12.4. The largest absolute Gasteiger partial charge is 0.463 e. The Morgan fingerprint density at radius 2 is 2.39 bits per heavy atom. The molecule has 1 heterocycles. The van der Waals surface area contributed by atoms with E-state index < -0.39 is 0 Å². The van der Waals surface area contributed by atoms with Gasteiger partial charge >= 0.3 is 0 Å². The summed E-state index contributed by atoms with van der Waals surface area (Å²) >= 11 is 5.23. The molecule has 2 N–H and O–H groups in total. The Labute approximate surface area is 112 Å². The molecule has 3 rings (SSSR count). The molecule has 5 heteroatoms. The Bertz CT molecular complexity index is 443. The second-order valence-corrected chi connectivity index (χ2v) is 5.55. The summed E-state index contributed by atoms with van der Waals surface area (Å²) in [6.07, 6.45) is 8.62. The van der Waals surface area contributed by atoms with Crippen molar-refractivity contribution in [2.45, 2.75) is 31.7 Å². The van der Waals surface area contributed by atoms with Gasteiger partial charge in [-0.05, 0) is 55.4 Å². The Kier molecular flexibility index (Phi) is 3.32. The van der Waals surface area contributed by atoms with E-state index in [9.17, 15) is 0 Å². The molecule has 0 unspecified atom stereocenters. The van der Waals surface area contributed by atoms with Crippen molar-refractivity contribution >= 4 is 23.5 Å². The number of nitrogens with zero attached hydrogens (tertiary/aromatic N) is 1. The quantitative estimate of drug-likeness (QED) is 0.499. The average Bonchev–Trinajstić information content (AvgIpc) is 3.04. The molecule has 0 spiro atoms. The summed E-state index contributed by atoms with van der Waals surface area (Å²) in [7, 11) is 0. The van der Waals surface area contributed by atoms with Gasteiger partial charge in [0.05, 0.1) is 12.5 Å². The van der Waals surface area contributed by atoms with Gasteiger partial charge in [-0.2, -0.15) is 5.10 Å². The monoisotopic (exact) mass is 263 g/mol. The summed E-state index contributed by atoms with van der Waals surface area (Å²) in [4.78, 5) is 0. The molecule has 0 amide bonds. The minimum Gasteiger partial charge on any atom is -0.463 e. The lowest BCUT2D eigenvalue weighted by Crippen LogP contribution is -2.42. The lowest BCUT2D eigenvalue weighted by atomic mass is 9.96. The van der Waals surface area contributed by atoms with Gasteiger partial charge in [0, 0.05) is 6.04 Å². The maximum Gasteiger partial charge on any atom is 0.187 e. The van der Waals surface area contributed by atoms with Crippen molar-refractivity contribution in [3.8, 4) is 0 Å². The maximum atomic E-state index is 5.23. The molecule has 2 aliphatic carbocycles. The van der Waals surface area contributed by atoms with Crippen molar-refractivity contribution in [1.82, 2.24) is 10.7 Å².